The second-order valence-electron chi connectivity index (χ2n) is 4.08. The van der Waals surface area contributed by atoms with E-state index in [4.69, 9.17) is 15.2 Å². The summed E-state index contributed by atoms with van der Waals surface area (Å²) in [6, 6.07) is 5.47. The van der Waals surface area contributed by atoms with Crippen LogP contribution < -0.4 is 20.5 Å². The van der Waals surface area contributed by atoms with E-state index in [0.717, 1.165) is 11.5 Å². The molecule has 0 unspecified atom stereocenters. The van der Waals surface area contributed by atoms with Gasteiger partial charge in [-0.15, -0.1) is 0 Å². The van der Waals surface area contributed by atoms with E-state index in [1.165, 1.54) is 0 Å². The van der Waals surface area contributed by atoms with Crippen LogP contribution in [0.15, 0.2) is 24.4 Å². The van der Waals surface area contributed by atoms with Gasteiger partial charge in [-0.1, -0.05) is 0 Å². The molecule has 0 bridgehead atoms. The van der Waals surface area contributed by atoms with Gasteiger partial charge in [0.25, 0.3) is 0 Å². The number of ether oxygens (including phenoxy) is 2. The van der Waals surface area contributed by atoms with E-state index < -0.39 is 0 Å². The Morgan fingerprint density at radius 3 is 2.67 bits per heavy atom. The maximum Gasteiger partial charge on any atom is 0.163 e. The molecule has 0 amide bonds. The number of aryl methyl sites for hydroxylation is 1. The van der Waals surface area contributed by atoms with Gasteiger partial charge in [0.05, 0.1) is 11.4 Å². The first-order valence-corrected chi connectivity index (χ1v) is 5.68. The van der Waals surface area contributed by atoms with Crippen molar-refractivity contribution in [3.05, 3.63) is 24.4 Å². The van der Waals surface area contributed by atoms with Crippen LogP contribution in [0, 0.1) is 0 Å². The molecule has 6 nitrogen and oxygen atoms in total. The minimum absolute atomic E-state index is 0.555. The van der Waals surface area contributed by atoms with E-state index in [-0.39, 0.29) is 0 Å². The van der Waals surface area contributed by atoms with Gasteiger partial charge in [-0.05, 0) is 0 Å². The summed E-state index contributed by atoms with van der Waals surface area (Å²) >= 11 is 0. The van der Waals surface area contributed by atoms with Crippen molar-refractivity contribution in [2.45, 2.75) is 0 Å². The van der Waals surface area contributed by atoms with E-state index in [9.17, 15) is 0 Å². The summed E-state index contributed by atoms with van der Waals surface area (Å²) in [5, 5.41) is 7.39. The third-order valence-electron chi connectivity index (χ3n) is 2.69. The van der Waals surface area contributed by atoms with E-state index >= 15 is 0 Å². The van der Waals surface area contributed by atoms with Gasteiger partial charge in [0.2, 0.25) is 0 Å². The van der Waals surface area contributed by atoms with Crippen LogP contribution in [0.25, 0.3) is 0 Å². The molecule has 0 spiro atoms. The average molecular weight is 246 g/mol. The molecule has 1 aliphatic heterocycles. The Morgan fingerprint density at radius 1 is 1.28 bits per heavy atom. The lowest BCUT2D eigenvalue weighted by Gasteiger charge is -2.20. The molecular weight excluding hydrogens is 232 g/mol. The predicted molar refractivity (Wildman–Crippen MR) is 68.3 cm³/mol. The standard InChI is InChI=1S/C12H14N4O2/c1-16-3-2-12(15-16)14-9-7-11-10(6-8(9)13)17-4-5-18-11/h2-3,6-7H,4-5,13H2,1H3,(H,14,15). The Labute approximate surface area is 104 Å². The van der Waals surface area contributed by atoms with Gasteiger partial charge >= 0.3 is 0 Å². The molecule has 1 aromatic carbocycles. The Bertz CT molecular complexity index is 579. The fraction of sp³-hybridized carbons (Fsp3) is 0.250. The zero-order chi connectivity index (χ0) is 12.5. The zero-order valence-corrected chi connectivity index (χ0v) is 10.0. The smallest absolute Gasteiger partial charge is 0.163 e. The lowest BCUT2D eigenvalue weighted by atomic mass is 10.2. The van der Waals surface area contributed by atoms with Crippen molar-refractivity contribution in [2.75, 3.05) is 24.3 Å². The van der Waals surface area contributed by atoms with E-state index in [2.05, 4.69) is 10.4 Å². The maximum absolute atomic E-state index is 5.97. The first-order chi connectivity index (χ1) is 8.72. The first-order valence-electron chi connectivity index (χ1n) is 5.68. The molecule has 18 heavy (non-hydrogen) atoms. The molecule has 0 saturated carbocycles. The predicted octanol–water partition coefficient (Wildman–Crippen LogP) is 1.52. The van der Waals surface area contributed by atoms with E-state index in [1.54, 1.807) is 10.7 Å². The minimum Gasteiger partial charge on any atom is -0.486 e. The van der Waals surface area contributed by atoms with Gasteiger partial charge < -0.3 is 20.5 Å². The van der Waals surface area contributed by atoms with Gasteiger partial charge in [-0.25, -0.2) is 0 Å². The number of hydrogen-bond acceptors (Lipinski definition) is 5. The van der Waals surface area contributed by atoms with Crippen LogP contribution in [0.1, 0.15) is 0 Å². The number of nitrogens with zero attached hydrogens (tertiary/aromatic N) is 2. The fourth-order valence-electron chi connectivity index (χ4n) is 1.83. The quantitative estimate of drug-likeness (QED) is 0.786. The number of nitrogens with one attached hydrogen (secondary N) is 1. The summed E-state index contributed by atoms with van der Waals surface area (Å²) in [4.78, 5) is 0. The summed E-state index contributed by atoms with van der Waals surface area (Å²) in [5.41, 5.74) is 7.33. The van der Waals surface area contributed by atoms with Gasteiger partial charge in [0, 0.05) is 31.4 Å². The van der Waals surface area contributed by atoms with Crippen LogP contribution in [0.5, 0.6) is 11.5 Å². The topological polar surface area (TPSA) is 74.3 Å². The Balaban J connectivity index is 1.92. The molecule has 0 atom stereocenters. The Morgan fingerprint density at radius 2 is 2.00 bits per heavy atom. The second-order valence-corrected chi connectivity index (χ2v) is 4.08. The molecule has 0 fully saturated rings. The normalized spacial score (nSPS) is 13.4. The molecule has 2 heterocycles. The number of aromatic nitrogens is 2. The highest BCUT2D eigenvalue weighted by Gasteiger charge is 2.15. The fourth-order valence-corrected chi connectivity index (χ4v) is 1.83. The molecule has 3 rings (SSSR count). The highest BCUT2D eigenvalue weighted by Crippen LogP contribution is 2.37. The number of nitrogen functional groups attached to an aromatic ring is 1. The van der Waals surface area contributed by atoms with Crippen LogP contribution in [0.4, 0.5) is 17.2 Å². The van der Waals surface area contributed by atoms with E-state index in [1.807, 2.05) is 25.4 Å². The molecule has 1 aromatic heterocycles. The lowest BCUT2D eigenvalue weighted by Crippen LogP contribution is -2.15. The van der Waals surface area contributed by atoms with Crippen molar-refractivity contribution < 1.29 is 9.47 Å². The van der Waals surface area contributed by atoms with Crippen LogP contribution in [0.3, 0.4) is 0 Å². The number of fused-ring (bicyclic) bond motifs is 1. The van der Waals surface area contributed by atoms with Crippen LogP contribution in [-0.2, 0) is 7.05 Å². The molecule has 0 aliphatic carbocycles. The van der Waals surface area contributed by atoms with Crippen LogP contribution >= 0.6 is 0 Å². The van der Waals surface area contributed by atoms with Gasteiger partial charge in [0.15, 0.2) is 17.3 Å². The second kappa shape index (κ2) is 4.14. The summed E-state index contributed by atoms with van der Waals surface area (Å²) in [5.74, 6) is 2.13. The van der Waals surface area contributed by atoms with Crippen molar-refractivity contribution in [1.29, 1.82) is 0 Å². The number of rotatable bonds is 2. The van der Waals surface area contributed by atoms with Gasteiger partial charge in [-0.3, -0.25) is 4.68 Å². The van der Waals surface area contributed by atoms with Crippen LogP contribution in [-0.4, -0.2) is 23.0 Å². The van der Waals surface area contributed by atoms with Crippen LogP contribution in [0.2, 0.25) is 0 Å². The van der Waals surface area contributed by atoms with Crippen molar-refractivity contribution in [3.63, 3.8) is 0 Å². The number of benzene rings is 1. The summed E-state index contributed by atoms with van der Waals surface area (Å²) in [6.07, 6.45) is 1.86. The van der Waals surface area contributed by atoms with Gasteiger partial charge in [-0.2, -0.15) is 5.10 Å². The number of nitrogens with two attached hydrogens (primary N) is 1. The third-order valence-corrected chi connectivity index (χ3v) is 2.69. The third kappa shape index (κ3) is 1.92. The maximum atomic E-state index is 5.97. The number of hydrogen-bond donors (Lipinski definition) is 2. The zero-order valence-electron chi connectivity index (χ0n) is 10.0. The minimum atomic E-state index is 0.555. The van der Waals surface area contributed by atoms with Gasteiger partial charge in [0.1, 0.15) is 13.2 Å². The van der Waals surface area contributed by atoms with Crippen molar-refractivity contribution in [3.8, 4) is 11.5 Å². The Kier molecular flexibility index (Phi) is 2.47. The largest absolute Gasteiger partial charge is 0.486 e. The molecule has 6 heteroatoms. The Hall–Kier alpha value is -2.37. The SMILES string of the molecule is Cn1ccc(Nc2cc3c(cc2N)OCCO3)n1. The number of anilines is 3. The van der Waals surface area contributed by atoms with Crippen molar-refractivity contribution >= 4 is 17.2 Å². The first kappa shape index (κ1) is 10.8. The lowest BCUT2D eigenvalue weighted by molar-refractivity contribution is 0.172. The summed E-state index contributed by atoms with van der Waals surface area (Å²) < 4.78 is 12.7. The van der Waals surface area contributed by atoms with Crippen molar-refractivity contribution in [2.24, 2.45) is 7.05 Å². The molecule has 1 aliphatic rings. The monoisotopic (exact) mass is 246 g/mol. The summed E-state index contributed by atoms with van der Waals surface area (Å²) in [6.45, 7) is 1.11. The highest BCUT2D eigenvalue weighted by atomic mass is 16.6. The molecule has 0 saturated heterocycles. The summed E-state index contributed by atoms with van der Waals surface area (Å²) in [7, 11) is 1.86. The van der Waals surface area contributed by atoms with E-state index in [0.29, 0.717) is 30.4 Å². The molecular formula is C12H14N4O2. The molecule has 94 valence electrons. The molecule has 0 radical (unpaired) electrons. The average Bonchev–Trinajstić information content (AvgIpc) is 2.76. The highest BCUT2D eigenvalue weighted by molar-refractivity contribution is 5.75. The molecule has 3 N–H and O–H groups in total. The molecule has 2 aromatic rings. The van der Waals surface area contributed by atoms with Crippen molar-refractivity contribution in [1.82, 2.24) is 9.78 Å².